The van der Waals surface area contributed by atoms with Gasteiger partial charge in [-0.15, -0.1) is 0 Å². The van der Waals surface area contributed by atoms with Crippen molar-refractivity contribution >= 4 is 15.9 Å². The number of benzene rings is 1. The largest absolute Gasteiger partial charge is 0.352 e. The molecule has 1 aromatic rings. The Bertz CT molecular complexity index is 732. The highest BCUT2D eigenvalue weighted by Crippen LogP contribution is 2.21. The lowest BCUT2D eigenvalue weighted by molar-refractivity contribution is 0.0929. The Balaban J connectivity index is 1.52. The minimum atomic E-state index is -3.43. The van der Waals surface area contributed by atoms with Crippen LogP contribution in [0.5, 0.6) is 0 Å². The predicted molar refractivity (Wildman–Crippen MR) is 106 cm³/mol. The van der Waals surface area contributed by atoms with E-state index in [1.165, 1.54) is 4.31 Å². The molecule has 1 N–H and O–H groups in total. The van der Waals surface area contributed by atoms with Gasteiger partial charge in [-0.2, -0.15) is 4.31 Å². The van der Waals surface area contributed by atoms with Crippen LogP contribution in [0.15, 0.2) is 29.2 Å². The number of hydrogen-bond acceptors (Lipinski definition) is 4. The van der Waals surface area contributed by atoms with Crippen molar-refractivity contribution in [2.24, 2.45) is 5.92 Å². The van der Waals surface area contributed by atoms with Crippen molar-refractivity contribution in [3.63, 3.8) is 0 Å². The van der Waals surface area contributed by atoms with Gasteiger partial charge in [-0.1, -0.05) is 0 Å². The molecule has 0 bridgehead atoms. The van der Waals surface area contributed by atoms with E-state index in [-0.39, 0.29) is 10.8 Å². The molecule has 0 atom stereocenters. The molecule has 0 spiro atoms. The lowest BCUT2D eigenvalue weighted by atomic mass is 9.96. The molecule has 2 aliphatic heterocycles. The molecule has 0 saturated carbocycles. The van der Waals surface area contributed by atoms with Crippen LogP contribution >= 0.6 is 0 Å². The van der Waals surface area contributed by atoms with Crippen LogP contribution in [0.3, 0.4) is 0 Å². The van der Waals surface area contributed by atoms with Crippen molar-refractivity contribution in [1.29, 1.82) is 0 Å². The van der Waals surface area contributed by atoms with Crippen LogP contribution in [0.2, 0.25) is 0 Å². The first-order valence-electron chi connectivity index (χ1n) is 10.0. The lowest BCUT2D eigenvalue weighted by Crippen LogP contribution is -2.41. The fourth-order valence-electron chi connectivity index (χ4n) is 3.87. The van der Waals surface area contributed by atoms with Crippen LogP contribution in [0.4, 0.5) is 0 Å². The van der Waals surface area contributed by atoms with E-state index < -0.39 is 10.0 Å². The first-order valence-corrected chi connectivity index (χ1v) is 11.4. The van der Waals surface area contributed by atoms with Gasteiger partial charge in [0, 0.05) is 31.2 Å². The lowest BCUT2D eigenvalue weighted by Gasteiger charge is -2.34. The number of hydrogen-bond donors (Lipinski definition) is 1. The molecule has 0 aliphatic carbocycles. The average Bonchev–Trinajstić information content (AvgIpc) is 3.22. The van der Waals surface area contributed by atoms with Gasteiger partial charge in [0.1, 0.15) is 0 Å². The molecule has 2 saturated heterocycles. The summed E-state index contributed by atoms with van der Waals surface area (Å²) in [5, 5.41) is 3.01. The number of piperidine rings is 1. The van der Waals surface area contributed by atoms with E-state index in [9.17, 15) is 13.2 Å². The number of nitrogens with zero attached hydrogens (tertiary/aromatic N) is 2. The highest BCUT2D eigenvalue weighted by Gasteiger charge is 2.27. The summed E-state index contributed by atoms with van der Waals surface area (Å²) >= 11 is 0. The number of likely N-dealkylation sites (tertiary alicyclic amines) is 1. The zero-order valence-corrected chi connectivity index (χ0v) is 17.2. The maximum Gasteiger partial charge on any atom is 0.251 e. The number of carbonyl (C=O) groups is 1. The third kappa shape index (κ3) is 4.89. The fourth-order valence-corrected chi connectivity index (χ4v) is 5.39. The van der Waals surface area contributed by atoms with E-state index in [4.69, 9.17) is 0 Å². The minimum Gasteiger partial charge on any atom is -0.352 e. The molecule has 2 fully saturated rings. The smallest absolute Gasteiger partial charge is 0.251 e. The maximum absolute atomic E-state index is 12.5. The molecule has 2 heterocycles. The SMILES string of the molecule is CC(C)N1CCC(CNC(=O)c2ccc(S(=O)(=O)N3CCCC3)cc2)CC1. The normalized spacial score (nSPS) is 20.3. The van der Waals surface area contributed by atoms with Gasteiger partial charge in [-0.3, -0.25) is 4.79 Å². The summed E-state index contributed by atoms with van der Waals surface area (Å²) in [6.07, 6.45) is 4.03. The number of nitrogens with one attached hydrogen (secondary N) is 1. The zero-order valence-electron chi connectivity index (χ0n) is 16.4. The van der Waals surface area contributed by atoms with E-state index in [1.54, 1.807) is 24.3 Å². The van der Waals surface area contributed by atoms with Crippen molar-refractivity contribution < 1.29 is 13.2 Å². The molecule has 2 aliphatic rings. The molecule has 1 amide bonds. The van der Waals surface area contributed by atoms with Crippen molar-refractivity contribution in [1.82, 2.24) is 14.5 Å². The molecule has 7 heteroatoms. The van der Waals surface area contributed by atoms with E-state index in [2.05, 4.69) is 24.1 Å². The Morgan fingerprint density at radius 3 is 2.22 bits per heavy atom. The van der Waals surface area contributed by atoms with Gasteiger partial charge in [-0.05, 0) is 82.8 Å². The summed E-state index contributed by atoms with van der Waals surface area (Å²) in [5.41, 5.74) is 0.509. The molecule has 0 unspecified atom stereocenters. The third-order valence-corrected chi connectivity index (χ3v) is 7.66. The Morgan fingerprint density at radius 2 is 1.67 bits per heavy atom. The summed E-state index contributed by atoms with van der Waals surface area (Å²) in [4.78, 5) is 15.1. The fraction of sp³-hybridized carbons (Fsp3) is 0.650. The summed E-state index contributed by atoms with van der Waals surface area (Å²) < 4.78 is 26.6. The van der Waals surface area contributed by atoms with Crippen LogP contribution in [0.25, 0.3) is 0 Å². The average molecular weight is 394 g/mol. The van der Waals surface area contributed by atoms with E-state index in [1.807, 2.05) is 0 Å². The van der Waals surface area contributed by atoms with E-state index >= 15 is 0 Å². The Morgan fingerprint density at radius 1 is 1.07 bits per heavy atom. The molecule has 150 valence electrons. The third-order valence-electron chi connectivity index (χ3n) is 5.75. The number of carbonyl (C=O) groups excluding carboxylic acids is 1. The molecular formula is C20H31N3O3S. The van der Waals surface area contributed by atoms with Crippen molar-refractivity contribution in [2.45, 2.75) is 50.5 Å². The van der Waals surface area contributed by atoms with Gasteiger partial charge < -0.3 is 10.2 Å². The van der Waals surface area contributed by atoms with Crippen LogP contribution in [0, 0.1) is 5.92 Å². The monoisotopic (exact) mass is 393 g/mol. The molecule has 0 radical (unpaired) electrons. The highest BCUT2D eigenvalue weighted by molar-refractivity contribution is 7.89. The second-order valence-electron chi connectivity index (χ2n) is 7.92. The van der Waals surface area contributed by atoms with Gasteiger partial charge in [0.2, 0.25) is 10.0 Å². The second kappa shape index (κ2) is 8.71. The van der Waals surface area contributed by atoms with Gasteiger partial charge in [-0.25, -0.2) is 8.42 Å². The first-order chi connectivity index (χ1) is 12.9. The van der Waals surface area contributed by atoms with Crippen LogP contribution in [0.1, 0.15) is 49.9 Å². The van der Waals surface area contributed by atoms with E-state index in [0.717, 1.165) is 38.8 Å². The Kier molecular flexibility index (Phi) is 6.55. The highest BCUT2D eigenvalue weighted by atomic mass is 32.2. The molecule has 3 rings (SSSR count). The summed E-state index contributed by atoms with van der Waals surface area (Å²) in [7, 11) is -3.43. The quantitative estimate of drug-likeness (QED) is 0.805. The second-order valence-corrected chi connectivity index (χ2v) is 9.86. The number of rotatable bonds is 6. The van der Waals surface area contributed by atoms with Gasteiger partial charge >= 0.3 is 0 Å². The van der Waals surface area contributed by atoms with Crippen LogP contribution in [-0.2, 0) is 10.0 Å². The number of amides is 1. The summed E-state index contributed by atoms with van der Waals surface area (Å²) in [6, 6.07) is 6.89. The molecule has 27 heavy (non-hydrogen) atoms. The van der Waals surface area contributed by atoms with Crippen molar-refractivity contribution in [3.05, 3.63) is 29.8 Å². The molecule has 6 nitrogen and oxygen atoms in total. The van der Waals surface area contributed by atoms with Crippen LogP contribution in [-0.4, -0.2) is 62.3 Å². The van der Waals surface area contributed by atoms with Crippen molar-refractivity contribution in [2.75, 3.05) is 32.7 Å². The molecule has 0 aromatic heterocycles. The topological polar surface area (TPSA) is 69.7 Å². The molecule has 1 aromatic carbocycles. The van der Waals surface area contributed by atoms with Gasteiger partial charge in [0.25, 0.3) is 5.91 Å². The van der Waals surface area contributed by atoms with Gasteiger partial charge in [0.05, 0.1) is 4.90 Å². The molecular weight excluding hydrogens is 362 g/mol. The standard InChI is InChI=1S/C20H31N3O3S/c1-16(2)22-13-9-17(10-14-22)15-21-20(24)18-5-7-19(8-6-18)27(25,26)23-11-3-4-12-23/h5-8,16-17H,3-4,9-15H2,1-2H3,(H,21,24). The Labute approximate surface area is 163 Å². The van der Waals surface area contributed by atoms with Gasteiger partial charge in [0.15, 0.2) is 0 Å². The maximum atomic E-state index is 12.5. The summed E-state index contributed by atoms with van der Waals surface area (Å²) in [6.45, 7) is 8.45. The van der Waals surface area contributed by atoms with Crippen LogP contribution < -0.4 is 5.32 Å². The minimum absolute atomic E-state index is 0.133. The van der Waals surface area contributed by atoms with Crippen molar-refractivity contribution in [3.8, 4) is 0 Å². The number of sulfonamides is 1. The predicted octanol–water partition coefficient (Wildman–Crippen LogP) is 2.32. The zero-order chi connectivity index (χ0) is 19.4. The van der Waals surface area contributed by atoms with E-state index in [0.29, 0.717) is 37.2 Å². The Hall–Kier alpha value is -1.44. The summed E-state index contributed by atoms with van der Waals surface area (Å²) in [5.74, 6) is 0.380. The first kappa shape index (κ1) is 20.3.